The summed E-state index contributed by atoms with van der Waals surface area (Å²) in [5.74, 6) is 0.521. The van der Waals surface area contributed by atoms with Gasteiger partial charge in [-0.2, -0.15) is 14.9 Å². The Bertz CT molecular complexity index is 1090. The molecule has 28 heavy (non-hydrogen) atoms. The quantitative estimate of drug-likeness (QED) is 0.482. The Balaban J connectivity index is 1.58. The molecule has 0 spiro atoms. The Morgan fingerprint density at radius 1 is 1.11 bits per heavy atom. The maximum absolute atomic E-state index is 12.5. The second kappa shape index (κ2) is 7.87. The fourth-order valence-electron chi connectivity index (χ4n) is 3.10. The van der Waals surface area contributed by atoms with E-state index < -0.39 is 0 Å². The van der Waals surface area contributed by atoms with E-state index in [1.165, 1.54) is 0 Å². The summed E-state index contributed by atoms with van der Waals surface area (Å²) in [5, 5.41) is 12.8. The molecule has 0 saturated carbocycles. The van der Waals surface area contributed by atoms with Crippen LogP contribution < -0.4 is 4.90 Å². The van der Waals surface area contributed by atoms with Gasteiger partial charge < -0.3 is 4.90 Å². The molecule has 2 aromatic carbocycles. The number of aromatic nitrogens is 3. The van der Waals surface area contributed by atoms with Crippen molar-refractivity contribution in [2.75, 3.05) is 11.4 Å². The van der Waals surface area contributed by atoms with Crippen molar-refractivity contribution in [2.24, 2.45) is 5.10 Å². The number of hydrogen-bond acceptors (Lipinski definition) is 4. The largest absolute Gasteiger partial charge is 0.312 e. The number of aromatic amines is 1. The minimum atomic E-state index is -0.126. The summed E-state index contributed by atoms with van der Waals surface area (Å²) in [4.78, 5) is 14.3. The normalized spacial score (nSPS) is 17.0. The molecule has 142 valence electrons. The third-order valence-corrected chi connectivity index (χ3v) is 5.26. The van der Waals surface area contributed by atoms with Gasteiger partial charge in [-0.15, -0.1) is 0 Å². The summed E-state index contributed by atoms with van der Waals surface area (Å²) in [5.41, 5.74) is 1.69. The topological polar surface area (TPSA) is 66.3 Å². The van der Waals surface area contributed by atoms with Crippen molar-refractivity contribution in [3.8, 4) is 0 Å². The van der Waals surface area contributed by atoms with Gasteiger partial charge in [0, 0.05) is 34.6 Å². The molecular weight excluding hydrogens is 417 g/mol. The van der Waals surface area contributed by atoms with E-state index in [9.17, 15) is 4.79 Å². The average Bonchev–Trinajstić information content (AvgIpc) is 3.24. The first-order valence-electron chi connectivity index (χ1n) is 8.54. The lowest BCUT2D eigenvalue weighted by atomic mass is 10.1. The molecule has 1 fully saturated rings. The number of carbonyl (C=O) groups excluding carboxylic acids is 1. The standard InChI is InChI=1S/C19H15Cl2N5OS/c20-14-3-1-12(2-4-14)10-22-26-18(23-24-19(26)28)13-9-17(27)25(11-13)16-7-5-15(21)6-8-16/h1-8,10,13H,9,11H2,(H,24,28)/b22-10+. The molecule has 1 unspecified atom stereocenters. The first kappa shape index (κ1) is 18.9. The van der Waals surface area contributed by atoms with Crippen molar-refractivity contribution in [1.82, 2.24) is 14.9 Å². The zero-order valence-electron chi connectivity index (χ0n) is 14.5. The van der Waals surface area contributed by atoms with Crippen LogP contribution in [0.3, 0.4) is 0 Å². The monoisotopic (exact) mass is 431 g/mol. The summed E-state index contributed by atoms with van der Waals surface area (Å²) < 4.78 is 1.94. The molecule has 9 heteroatoms. The number of anilines is 1. The molecule has 6 nitrogen and oxygen atoms in total. The summed E-state index contributed by atoms with van der Waals surface area (Å²) in [6.07, 6.45) is 2.01. The molecule has 1 aliphatic heterocycles. The number of rotatable bonds is 4. The van der Waals surface area contributed by atoms with E-state index in [2.05, 4.69) is 15.3 Å². The second-order valence-electron chi connectivity index (χ2n) is 6.38. The summed E-state index contributed by atoms with van der Waals surface area (Å²) in [7, 11) is 0. The zero-order chi connectivity index (χ0) is 19.7. The highest BCUT2D eigenvalue weighted by Gasteiger charge is 2.34. The fraction of sp³-hybridized carbons (Fsp3) is 0.158. The van der Waals surface area contributed by atoms with Gasteiger partial charge in [0.1, 0.15) is 0 Å². The molecule has 0 aliphatic carbocycles. The number of hydrogen-bond donors (Lipinski definition) is 1. The highest BCUT2D eigenvalue weighted by atomic mass is 35.5. The van der Waals surface area contributed by atoms with Gasteiger partial charge in [0.2, 0.25) is 10.7 Å². The number of nitrogens with zero attached hydrogens (tertiary/aromatic N) is 4. The minimum Gasteiger partial charge on any atom is -0.312 e. The van der Waals surface area contributed by atoms with Crippen molar-refractivity contribution < 1.29 is 4.79 Å². The molecule has 0 radical (unpaired) electrons. The number of nitrogens with one attached hydrogen (secondary N) is 1. The van der Waals surface area contributed by atoms with Crippen LogP contribution in [0.1, 0.15) is 23.7 Å². The van der Waals surface area contributed by atoms with Gasteiger partial charge >= 0.3 is 0 Å². The lowest BCUT2D eigenvalue weighted by molar-refractivity contribution is -0.117. The average molecular weight is 432 g/mol. The predicted octanol–water partition coefficient (Wildman–Crippen LogP) is 4.65. The third kappa shape index (κ3) is 3.87. The van der Waals surface area contributed by atoms with E-state index in [4.69, 9.17) is 35.4 Å². The van der Waals surface area contributed by atoms with Gasteiger partial charge in [-0.05, 0) is 54.2 Å². The lowest BCUT2D eigenvalue weighted by Crippen LogP contribution is -2.24. The minimum absolute atomic E-state index is 0.0227. The summed E-state index contributed by atoms with van der Waals surface area (Å²) in [6, 6.07) is 14.5. The third-order valence-electron chi connectivity index (χ3n) is 4.50. The second-order valence-corrected chi connectivity index (χ2v) is 7.64. The number of halogens is 2. The molecule has 1 atom stereocenters. The zero-order valence-corrected chi connectivity index (χ0v) is 16.9. The molecular formula is C19H15Cl2N5OS. The van der Waals surface area contributed by atoms with E-state index in [1.807, 2.05) is 24.3 Å². The van der Waals surface area contributed by atoms with Crippen molar-refractivity contribution in [3.63, 3.8) is 0 Å². The van der Waals surface area contributed by atoms with Crippen LogP contribution in [-0.2, 0) is 4.79 Å². The molecule has 1 saturated heterocycles. The van der Waals surface area contributed by atoms with Crippen LogP contribution in [0.25, 0.3) is 0 Å². The lowest BCUT2D eigenvalue weighted by Gasteiger charge is -2.16. The van der Waals surface area contributed by atoms with Crippen LogP contribution in [0.4, 0.5) is 5.69 Å². The van der Waals surface area contributed by atoms with Gasteiger partial charge in [-0.1, -0.05) is 35.3 Å². The van der Waals surface area contributed by atoms with Crippen LogP contribution in [0.2, 0.25) is 10.0 Å². The van der Waals surface area contributed by atoms with Gasteiger partial charge in [-0.25, -0.2) is 0 Å². The van der Waals surface area contributed by atoms with Crippen molar-refractivity contribution in [3.05, 3.63) is 74.7 Å². The van der Waals surface area contributed by atoms with E-state index in [0.29, 0.717) is 33.6 Å². The van der Waals surface area contributed by atoms with Gasteiger partial charge in [0.15, 0.2) is 5.82 Å². The van der Waals surface area contributed by atoms with E-state index in [-0.39, 0.29) is 11.8 Å². The first-order valence-corrected chi connectivity index (χ1v) is 9.71. The summed E-state index contributed by atoms with van der Waals surface area (Å²) in [6.45, 7) is 0.497. The first-order chi connectivity index (χ1) is 13.5. The molecule has 1 aliphatic rings. The Labute approximate surface area is 176 Å². The Morgan fingerprint density at radius 3 is 2.43 bits per heavy atom. The maximum Gasteiger partial charge on any atom is 0.227 e. The molecule has 2 heterocycles. The number of benzene rings is 2. The molecule has 1 amide bonds. The Kier molecular flexibility index (Phi) is 5.30. The van der Waals surface area contributed by atoms with Crippen molar-refractivity contribution >= 4 is 53.2 Å². The molecule has 4 rings (SSSR count). The van der Waals surface area contributed by atoms with Gasteiger partial charge in [0.25, 0.3) is 0 Å². The van der Waals surface area contributed by atoms with E-state index in [1.54, 1.807) is 40.1 Å². The highest BCUT2D eigenvalue weighted by Crippen LogP contribution is 2.31. The molecule has 3 aromatic rings. The number of H-pyrrole nitrogens is 1. The maximum atomic E-state index is 12.5. The van der Waals surface area contributed by atoms with Crippen LogP contribution in [-0.4, -0.2) is 33.5 Å². The smallest absolute Gasteiger partial charge is 0.227 e. The number of amides is 1. The fourth-order valence-corrected chi connectivity index (χ4v) is 3.54. The molecule has 0 bridgehead atoms. The van der Waals surface area contributed by atoms with E-state index >= 15 is 0 Å². The van der Waals surface area contributed by atoms with E-state index in [0.717, 1.165) is 11.3 Å². The Morgan fingerprint density at radius 2 is 1.75 bits per heavy atom. The van der Waals surface area contributed by atoms with Crippen molar-refractivity contribution in [1.29, 1.82) is 0 Å². The highest BCUT2D eigenvalue weighted by molar-refractivity contribution is 7.71. The summed E-state index contributed by atoms with van der Waals surface area (Å²) >= 11 is 17.2. The van der Waals surface area contributed by atoms with Crippen LogP contribution >= 0.6 is 35.4 Å². The number of carbonyl (C=O) groups is 1. The van der Waals surface area contributed by atoms with Crippen LogP contribution in [0.5, 0.6) is 0 Å². The van der Waals surface area contributed by atoms with Gasteiger partial charge in [0.05, 0.1) is 6.21 Å². The Hall–Kier alpha value is -2.48. The van der Waals surface area contributed by atoms with Crippen LogP contribution in [0.15, 0.2) is 53.6 Å². The molecule has 1 aromatic heterocycles. The van der Waals surface area contributed by atoms with Crippen LogP contribution in [0, 0.1) is 4.77 Å². The SMILES string of the molecule is O=C1CC(c2n[nH]c(=S)n2/N=C/c2ccc(Cl)cc2)CN1c1ccc(Cl)cc1. The molecule has 1 N–H and O–H groups in total. The predicted molar refractivity (Wildman–Crippen MR) is 113 cm³/mol. The van der Waals surface area contributed by atoms with Crippen molar-refractivity contribution in [2.45, 2.75) is 12.3 Å². The van der Waals surface area contributed by atoms with Gasteiger partial charge in [-0.3, -0.25) is 9.89 Å².